The Hall–Kier alpha value is -7.40. The molecule has 0 unspecified atom stereocenters. The van der Waals surface area contributed by atoms with Gasteiger partial charge in [0.1, 0.15) is 60.4 Å². The Morgan fingerprint density at radius 3 is 1.60 bits per heavy atom. The number of quaternary nitrogens is 1. The van der Waals surface area contributed by atoms with Crippen molar-refractivity contribution in [1.82, 2.24) is 52.8 Å². The van der Waals surface area contributed by atoms with Gasteiger partial charge in [-0.2, -0.15) is 11.8 Å². The number of carbonyl (C=O) groups is 13. The van der Waals surface area contributed by atoms with E-state index in [0.29, 0.717) is 24.2 Å². The van der Waals surface area contributed by atoms with Gasteiger partial charge in [-0.15, -0.1) is 0 Å². The van der Waals surface area contributed by atoms with Crippen LogP contribution in [0.1, 0.15) is 92.6 Å². The second kappa shape index (κ2) is 33.9. The van der Waals surface area contributed by atoms with Crippen LogP contribution in [0.3, 0.4) is 0 Å². The molecule has 1 aliphatic rings. The molecule has 0 aliphatic carbocycles. The van der Waals surface area contributed by atoms with E-state index in [1.54, 1.807) is 64.3 Å². The summed E-state index contributed by atoms with van der Waals surface area (Å²) >= 11 is 1.36. The molecule has 0 spiro atoms. The third-order valence-corrected chi connectivity index (χ3v) is 13.7. The number of carboxylic acid groups (broad SMARTS) is 3. The number of amides is 10. The molecule has 28 nitrogen and oxygen atoms in total. The summed E-state index contributed by atoms with van der Waals surface area (Å²) in [5.41, 5.74) is 4.09. The first-order valence-corrected chi connectivity index (χ1v) is 27.6. The van der Waals surface area contributed by atoms with Gasteiger partial charge in [-0.05, 0) is 61.5 Å². The molecule has 0 aromatic heterocycles. The summed E-state index contributed by atoms with van der Waals surface area (Å²) in [7, 11) is 0. The molecule has 0 bridgehead atoms. The third-order valence-electron chi connectivity index (χ3n) is 13.1. The molecule has 1 saturated heterocycles. The van der Waals surface area contributed by atoms with Gasteiger partial charge in [0, 0.05) is 13.0 Å². The molecule has 80 heavy (non-hydrogen) atoms. The van der Waals surface area contributed by atoms with Gasteiger partial charge in [0.05, 0.1) is 19.4 Å². The van der Waals surface area contributed by atoms with Crippen LogP contribution in [0.15, 0.2) is 30.3 Å². The van der Waals surface area contributed by atoms with Gasteiger partial charge in [0.15, 0.2) is 6.54 Å². The summed E-state index contributed by atoms with van der Waals surface area (Å²) < 4.78 is 0. The summed E-state index contributed by atoms with van der Waals surface area (Å²) in [4.78, 5) is 173. The van der Waals surface area contributed by atoms with Crippen molar-refractivity contribution < 1.29 is 88.5 Å². The SMILES string of the molecule is CC[C@H](C)[C@H](NC(=O)[C@@H](NC(=O)[C@H](CCSC)NC(=O)[C@@H]1CCCN1C(=O)[C@@H](NC(=O)[C@H](CC(=O)O)NC(=O)[C@H](CC(=O)O)NC(=O)[C@H](CO)NC(=O)[C@H](Cc1ccccc1)NC(=O)C[NH3+])C(C)C)C(C)C)C(=O)N[C@@H](C)C(=O)O. The van der Waals surface area contributed by atoms with Crippen LogP contribution >= 0.6 is 11.8 Å². The molecule has 0 saturated carbocycles. The minimum absolute atomic E-state index is 0.00311. The number of aliphatic carboxylic acids is 3. The van der Waals surface area contributed by atoms with Crippen molar-refractivity contribution in [3.8, 4) is 0 Å². The lowest BCUT2D eigenvalue weighted by molar-refractivity contribution is -0.355. The third kappa shape index (κ3) is 22.0. The van der Waals surface area contributed by atoms with E-state index in [2.05, 4.69) is 53.6 Å². The van der Waals surface area contributed by atoms with Gasteiger partial charge >= 0.3 is 17.9 Å². The molecule has 16 N–H and O–H groups in total. The van der Waals surface area contributed by atoms with Crippen molar-refractivity contribution in [3.05, 3.63) is 35.9 Å². The number of hydrogen-bond donors (Lipinski definition) is 14. The Morgan fingerprint density at radius 1 is 0.613 bits per heavy atom. The minimum atomic E-state index is -2.04. The lowest BCUT2D eigenvalue weighted by Gasteiger charge is -2.32. The summed E-state index contributed by atoms with van der Waals surface area (Å²) in [6.45, 7) is 9.76. The number of nitrogens with one attached hydrogen (secondary N) is 9. The van der Waals surface area contributed by atoms with Crippen molar-refractivity contribution in [2.45, 2.75) is 154 Å². The van der Waals surface area contributed by atoms with Crippen LogP contribution in [0.4, 0.5) is 0 Å². The van der Waals surface area contributed by atoms with E-state index < -0.39 is 175 Å². The largest absolute Gasteiger partial charge is 0.481 e. The Morgan fingerprint density at radius 2 is 1.10 bits per heavy atom. The molecule has 1 fully saturated rings. The van der Waals surface area contributed by atoms with Gasteiger partial charge in [-0.1, -0.05) is 78.3 Å². The van der Waals surface area contributed by atoms with E-state index in [0.717, 1.165) is 0 Å². The Bertz CT molecular complexity index is 2360. The van der Waals surface area contributed by atoms with Gasteiger partial charge in [0.25, 0.3) is 5.91 Å². The van der Waals surface area contributed by atoms with Crippen LogP contribution < -0.4 is 53.6 Å². The zero-order valence-corrected chi connectivity index (χ0v) is 47.1. The molecule has 2 rings (SSSR count). The number of aliphatic hydroxyl groups excluding tert-OH is 1. The number of likely N-dealkylation sites (tertiary alicyclic amines) is 1. The fourth-order valence-electron chi connectivity index (χ4n) is 8.22. The van der Waals surface area contributed by atoms with Crippen molar-refractivity contribution in [2.75, 3.05) is 31.7 Å². The highest BCUT2D eigenvalue weighted by molar-refractivity contribution is 7.98. The first kappa shape index (κ1) is 68.7. The van der Waals surface area contributed by atoms with E-state index in [9.17, 15) is 82.8 Å². The van der Waals surface area contributed by atoms with E-state index in [4.69, 9.17) is 0 Å². The van der Waals surface area contributed by atoms with Gasteiger partial charge < -0.3 is 78.9 Å². The number of rotatable bonds is 34. The maximum absolute atomic E-state index is 14.4. The Balaban J connectivity index is 2.32. The number of hydrogen-bond acceptors (Lipinski definition) is 15. The molecular weight excluding hydrogens is 1070 g/mol. The molecular formula is C51H80N11O17S+. The molecule has 446 valence electrons. The van der Waals surface area contributed by atoms with Gasteiger partial charge in [-0.25, -0.2) is 0 Å². The van der Waals surface area contributed by atoms with Gasteiger partial charge in [-0.3, -0.25) is 62.3 Å². The summed E-state index contributed by atoms with van der Waals surface area (Å²) in [6.07, 6.45) is 0.357. The highest BCUT2D eigenvalue weighted by Crippen LogP contribution is 2.22. The average molecular weight is 1150 g/mol. The first-order chi connectivity index (χ1) is 37.6. The van der Waals surface area contributed by atoms with Crippen LogP contribution in [-0.2, 0) is 68.7 Å². The van der Waals surface area contributed by atoms with E-state index >= 15 is 0 Å². The van der Waals surface area contributed by atoms with Crippen LogP contribution in [0, 0.1) is 17.8 Å². The van der Waals surface area contributed by atoms with Crippen molar-refractivity contribution in [2.24, 2.45) is 17.8 Å². The molecule has 0 radical (unpaired) electrons. The maximum Gasteiger partial charge on any atom is 0.325 e. The predicted octanol–water partition coefficient (Wildman–Crippen LogP) is -4.02. The van der Waals surface area contributed by atoms with Crippen molar-refractivity contribution >= 4 is 88.7 Å². The predicted molar refractivity (Wildman–Crippen MR) is 287 cm³/mol. The van der Waals surface area contributed by atoms with Crippen molar-refractivity contribution in [1.29, 1.82) is 0 Å². The first-order valence-electron chi connectivity index (χ1n) is 26.2. The van der Waals surface area contributed by atoms with E-state index in [1.807, 2.05) is 0 Å². The quantitative estimate of drug-likeness (QED) is 0.0313. The number of carbonyl (C=O) groups excluding carboxylic acids is 10. The standard InChI is InChI=1S/C51H79N11O17S/c1-9-27(6)41(49(76)53-28(7)51(78)79)61-48(75)39(25(2)3)59-42(69)30(17-19-80-8)55-47(74)35-16-13-18-62(35)50(77)40(26(4)5)60-45(72)33(22-38(67)68)56-44(71)32(21-37(65)66)57-46(73)34(24-63)58-43(70)31(54-36(64)23-52)20-29-14-11-10-12-15-29/h10-12,14-15,25-28,30-35,39-41,63H,9,13,16-24,52H2,1-8H3,(H,53,76)(H,54,64)(H,55,74)(H,56,71)(H,57,73)(H,58,70)(H,59,69)(H,60,72)(H,61,75)(H,65,66)(H,67,68)(H,78,79)/p+1/t27-,28-,30-,31-,32-,33-,34-,35-,39-,40-,41-/m0/s1. The minimum Gasteiger partial charge on any atom is -0.481 e. The van der Waals surface area contributed by atoms with E-state index in [-0.39, 0.29) is 32.4 Å². The zero-order chi connectivity index (χ0) is 60.6. The molecule has 1 aliphatic heterocycles. The molecule has 1 aromatic carbocycles. The van der Waals surface area contributed by atoms with Crippen LogP contribution in [-0.4, -0.2) is 194 Å². The number of thioether (sulfide) groups is 1. The fourth-order valence-corrected chi connectivity index (χ4v) is 8.70. The maximum atomic E-state index is 14.4. The smallest absolute Gasteiger partial charge is 0.325 e. The van der Waals surface area contributed by atoms with Crippen LogP contribution in [0.5, 0.6) is 0 Å². The second-order valence-corrected chi connectivity index (χ2v) is 21.0. The summed E-state index contributed by atoms with van der Waals surface area (Å²) in [5, 5.41) is 60.7. The summed E-state index contributed by atoms with van der Waals surface area (Å²) in [5.74, 6) is -15.2. The number of aliphatic hydroxyl groups is 1. The topological polar surface area (TPSA) is 442 Å². The van der Waals surface area contributed by atoms with Crippen LogP contribution in [0.25, 0.3) is 0 Å². The molecule has 11 atom stereocenters. The highest BCUT2D eigenvalue weighted by Gasteiger charge is 2.42. The highest BCUT2D eigenvalue weighted by atomic mass is 32.2. The monoisotopic (exact) mass is 1150 g/mol. The fraction of sp³-hybridized carbons (Fsp3) is 0.627. The molecule has 1 aromatic rings. The number of carboxylic acids is 3. The lowest BCUT2D eigenvalue weighted by atomic mass is 9.96. The molecule has 10 amide bonds. The average Bonchev–Trinajstić information content (AvgIpc) is 3.90. The van der Waals surface area contributed by atoms with Crippen LogP contribution in [0.2, 0.25) is 0 Å². The van der Waals surface area contributed by atoms with Crippen molar-refractivity contribution in [3.63, 3.8) is 0 Å². The Kier molecular flexibility index (Phi) is 29.1. The van der Waals surface area contributed by atoms with E-state index in [1.165, 1.54) is 37.4 Å². The molecule has 29 heteroatoms. The number of nitrogens with zero attached hydrogens (tertiary/aromatic N) is 1. The van der Waals surface area contributed by atoms with Gasteiger partial charge in [0.2, 0.25) is 53.2 Å². The normalized spacial score (nSPS) is 16.8. The second-order valence-electron chi connectivity index (χ2n) is 20.1. The number of benzene rings is 1. The lowest BCUT2D eigenvalue weighted by Crippen LogP contribution is -2.62. The zero-order valence-electron chi connectivity index (χ0n) is 46.3. The summed E-state index contributed by atoms with van der Waals surface area (Å²) in [6, 6.07) is -6.27. The molecule has 1 heterocycles. The Labute approximate surface area is 467 Å².